The van der Waals surface area contributed by atoms with Crippen molar-refractivity contribution in [1.29, 1.82) is 0 Å². The second kappa shape index (κ2) is 6.41. The third-order valence-corrected chi connectivity index (χ3v) is 1.46. The molecule has 1 aliphatic rings. The summed E-state index contributed by atoms with van der Waals surface area (Å²) < 4.78 is 0. The van der Waals surface area contributed by atoms with Gasteiger partial charge in [-0.15, -0.1) is 0 Å². The Hall–Kier alpha value is -1.30. The van der Waals surface area contributed by atoms with Crippen LogP contribution in [-0.4, -0.2) is 0 Å². The van der Waals surface area contributed by atoms with Crippen LogP contribution in [0.3, 0.4) is 0 Å². The number of allylic oxidation sites excluding steroid dienone is 10. The first-order valence-electron chi connectivity index (χ1n) is 4.21. The van der Waals surface area contributed by atoms with Gasteiger partial charge in [0, 0.05) is 0 Å². The first-order chi connectivity index (χ1) is 6.00. The summed E-state index contributed by atoms with van der Waals surface area (Å²) in [4.78, 5) is 0. The molecule has 12 heavy (non-hydrogen) atoms. The van der Waals surface area contributed by atoms with Gasteiger partial charge in [0.2, 0.25) is 0 Å². The summed E-state index contributed by atoms with van der Waals surface area (Å²) in [7, 11) is 0. The van der Waals surface area contributed by atoms with Gasteiger partial charge in [-0.3, -0.25) is 0 Å². The quantitative estimate of drug-likeness (QED) is 0.505. The summed E-state index contributed by atoms with van der Waals surface area (Å²) in [5, 5.41) is 0. The zero-order valence-corrected chi connectivity index (χ0v) is 7.11. The molecule has 0 N–H and O–H groups in total. The molecule has 0 fully saturated rings. The summed E-state index contributed by atoms with van der Waals surface area (Å²) in [6.45, 7) is 0. The molecule has 0 amide bonds. The molecular formula is C12H13. The lowest BCUT2D eigenvalue weighted by molar-refractivity contribution is 1.35. The highest BCUT2D eigenvalue weighted by molar-refractivity contribution is 5.14. The molecule has 1 rings (SSSR count). The van der Waals surface area contributed by atoms with E-state index in [2.05, 4.69) is 30.4 Å². The Labute approximate surface area is 74.3 Å². The Kier molecular flexibility index (Phi) is 4.70. The standard InChI is InChI=1S/C12H13/c1-2-4-6-8-10-12-11-9-7-5-3-1/h1-6,9-11H,7-8H2/b2-1-,5-3+,6-4+,11-9+,12-10?. The van der Waals surface area contributed by atoms with Crippen molar-refractivity contribution in [1.82, 2.24) is 0 Å². The topological polar surface area (TPSA) is 0 Å². The fourth-order valence-corrected chi connectivity index (χ4v) is 0.861. The molecule has 0 saturated heterocycles. The van der Waals surface area contributed by atoms with Gasteiger partial charge in [-0.25, -0.2) is 0 Å². The molecule has 1 aliphatic carbocycles. The summed E-state index contributed by atoms with van der Waals surface area (Å²) in [5.41, 5.74) is 0. The summed E-state index contributed by atoms with van der Waals surface area (Å²) in [6, 6.07) is 0. The van der Waals surface area contributed by atoms with Crippen LogP contribution in [0, 0.1) is 6.08 Å². The SMILES string of the molecule is [C]1=C\C/C=C/C=C\C=C\C/C=C/1. The first kappa shape index (κ1) is 8.79. The smallest absolute Gasteiger partial charge is 0.0157 e. The monoisotopic (exact) mass is 157 g/mol. The van der Waals surface area contributed by atoms with Gasteiger partial charge in [0.05, 0.1) is 0 Å². The molecule has 0 aromatic heterocycles. The minimum Gasteiger partial charge on any atom is -0.0807 e. The van der Waals surface area contributed by atoms with Crippen LogP contribution in [0.2, 0.25) is 0 Å². The van der Waals surface area contributed by atoms with Gasteiger partial charge in [-0.2, -0.15) is 0 Å². The molecule has 0 atom stereocenters. The molecule has 0 aromatic carbocycles. The Morgan fingerprint density at radius 3 is 2.33 bits per heavy atom. The number of hydrogen-bond donors (Lipinski definition) is 0. The summed E-state index contributed by atoms with van der Waals surface area (Å²) in [6.07, 6.45) is 23.5. The lowest BCUT2D eigenvalue weighted by Crippen LogP contribution is -1.62. The van der Waals surface area contributed by atoms with E-state index in [4.69, 9.17) is 0 Å². The molecule has 0 aliphatic heterocycles. The van der Waals surface area contributed by atoms with Crippen LogP contribution >= 0.6 is 0 Å². The van der Waals surface area contributed by atoms with Crippen molar-refractivity contribution < 1.29 is 0 Å². The van der Waals surface area contributed by atoms with E-state index in [1.165, 1.54) is 0 Å². The summed E-state index contributed by atoms with van der Waals surface area (Å²) in [5.74, 6) is 0. The third kappa shape index (κ3) is 4.51. The van der Waals surface area contributed by atoms with Gasteiger partial charge >= 0.3 is 0 Å². The van der Waals surface area contributed by atoms with Gasteiger partial charge in [0.25, 0.3) is 0 Å². The Morgan fingerprint density at radius 1 is 0.750 bits per heavy atom. The second-order valence-electron chi connectivity index (χ2n) is 2.49. The number of rotatable bonds is 0. The van der Waals surface area contributed by atoms with Crippen molar-refractivity contribution >= 4 is 0 Å². The highest BCUT2D eigenvalue weighted by atomic mass is 13.8. The van der Waals surface area contributed by atoms with E-state index in [9.17, 15) is 0 Å². The molecule has 0 unspecified atom stereocenters. The maximum absolute atomic E-state index is 3.09. The number of hydrogen-bond acceptors (Lipinski definition) is 0. The molecule has 0 heteroatoms. The van der Waals surface area contributed by atoms with Gasteiger partial charge in [-0.1, -0.05) is 54.7 Å². The van der Waals surface area contributed by atoms with Crippen molar-refractivity contribution in [2.24, 2.45) is 0 Å². The predicted octanol–water partition coefficient (Wildman–Crippen LogP) is 3.36. The van der Waals surface area contributed by atoms with Gasteiger partial charge in [0.1, 0.15) is 0 Å². The average molecular weight is 157 g/mol. The van der Waals surface area contributed by atoms with E-state index in [-0.39, 0.29) is 0 Å². The van der Waals surface area contributed by atoms with Crippen LogP contribution in [0.25, 0.3) is 0 Å². The van der Waals surface area contributed by atoms with Gasteiger partial charge in [-0.05, 0) is 18.9 Å². The van der Waals surface area contributed by atoms with Gasteiger partial charge < -0.3 is 0 Å². The average Bonchev–Trinajstić information content (AvgIpc) is 2.05. The Morgan fingerprint density at radius 2 is 1.50 bits per heavy atom. The van der Waals surface area contributed by atoms with Crippen LogP contribution in [-0.2, 0) is 0 Å². The van der Waals surface area contributed by atoms with Crippen molar-refractivity contribution in [3.63, 3.8) is 0 Å². The fourth-order valence-electron chi connectivity index (χ4n) is 0.861. The maximum Gasteiger partial charge on any atom is -0.0157 e. The molecule has 1 radical (unpaired) electrons. The minimum absolute atomic E-state index is 0.957. The van der Waals surface area contributed by atoms with E-state index in [1.807, 2.05) is 30.4 Å². The normalized spacial score (nSPS) is 30.7. The molecular weight excluding hydrogens is 144 g/mol. The molecule has 0 spiro atoms. The molecule has 0 heterocycles. The molecule has 0 bridgehead atoms. The van der Waals surface area contributed by atoms with Crippen LogP contribution < -0.4 is 0 Å². The van der Waals surface area contributed by atoms with Crippen molar-refractivity contribution in [2.75, 3.05) is 0 Å². The highest BCUT2D eigenvalue weighted by Gasteiger charge is 1.72. The van der Waals surface area contributed by atoms with Crippen molar-refractivity contribution in [3.8, 4) is 0 Å². The van der Waals surface area contributed by atoms with E-state index in [0.717, 1.165) is 12.8 Å². The Balaban J connectivity index is 2.55. The Bertz CT molecular complexity index is 211. The van der Waals surface area contributed by atoms with Crippen molar-refractivity contribution in [3.05, 3.63) is 60.8 Å². The minimum atomic E-state index is 0.957. The zero-order valence-electron chi connectivity index (χ0n) is 7.11. The lowest BCUT2D eigenvalue weighted by atomic mass is 10.2. The molecule has 0 aromatic rings. The second-order valence-corrected chi connectivity index (χ2v) is 2.49. The van der Waals surface area contributed by atoms with E-state index in [0.29, 0.717) is 0 Å². The predicted molar refractivity (Wildman–Crippen MR) is 53.6 cm³/mol. The van der Waals surface area contributed by atoms with Crippen LogP contribution in [0.1, 0.15) is 12.8 Å². The zero-order chi connectivity index (χ0) is 8.49. The molecule has 0 nitrogen and oxygen atoms in total. The fraction of sp³-hybridized carbons (Fsp3) is 0.167. The third-order valence-electron chi connectivity index (χ3n) is 1.46. The van der Waals surface area contributed by atoms with E-state index < -0.39 is 0 Å². The maximum atomic E-state index is 3.09. The highest BCUT2D eigenvalue weighted by Crippen LogP contribution is 1.92. The van der Waals surface area contributed by atoms with Crippen molar-refractivity contribution in [2.45, 2.75) is 12.8 Å². The van der Waals surface area contributed by atoms with Crippen LogP contribution in [0.4, 0.5) is 0 Å². The van der Waals surface area contributed by atoms with Crippen LogP contribution in [0.15, 0.2) is 54.7 Å². The van der Waals surface area contributed by atoms with E-state index in [1.54, 1.807) is 0 Å². The van der Waals surface area contributed by atoms with Crippen LogP contribution in [0.5, 0.6) is 0 Å². The molecule has 0 saturated carbocycles. The summed E-state index contributed by atoms with van der Waals surface area (Å²) >= 11 is 0. The largest absolute Gasteiger partial charge is 0.0807 e. The first-order valence-corrected chi connectivity index (χ1v) is 4.21. The van der Waals surface area contributed by atoms with E-state index >= 15 is 0 Å². The molecule has 61 valence electrons. The lowest BCUT2D eigenvalue weighted by Gasteiger charge is -1.82. The van der Waals surface area contributed by atoms with Gasteiger partial charge in [0.15, 0.2) is 0 Å².